The molecule has 0 spiro atoms. The summed E-state index contributed by atoms with van der Waals surface area (Å²) in [7, 11) is 1.60. The van der Waals surface area contributed by atoms with Gasteiger partial charge in [-0.3, -0.25) is 4.79 Å². The monoisotopic (exact) mass is 301 g/mol. The number of carbonyl (C=O) groups is 1. The molecular formula is C16H19N3O3. The highest BCUT2D eigenvalue weighted by Gasteiger charge is 2.36. The molecule has 1 unspecified atom stereocenters. The summed E-state index contributed by atoms with van der Waals surface area (Å²) < 4.78 is 10.7. The maximum Gasteiger partial charge on any atom is 0.232 e. The number of anilines is 1. The number of rotatable bonds is 4. The number of hydrogen-bond acceptors (Lipinski definition) is 5. The third-order valence-electron chi connectivity index (χ3n) is 3.82. The van der Waals surface area contributed by atoms with E-state index in [0.29, 0.717) is 30.4 Å². The lowest BCUT2D eigenvalue weighted by atomic mass is 10.1. The molecule has 6 heteroatoms. The first kappa shape index (κ1) is 14.6. The summed E-state index contributed by atoms with van der Waals surface area (Å²) in [5, 5.41) is 3.98. The lowest BCUT2D eigenvalue weighted by molar-refractivity contribution is -0.117. The first-order chi connectivity index (χ1) is 10.6. The van der Waals surface area contributed by atoms with Crippen molar-refractivity contribution in [3.8, 4) is 5.75 Å². The molecule has 0 saturated carbocycles. The van der Waals surface area contributed by atoms with Gasteiger partial charge in [0.15, 0.2) is 5.82 Å². The fourth-order valence-electron chi connectivity index (χ4n) is 2.61. The van der Waals surface area contributed by atoms with Crippen molar-refractivity contribution in [2.75, 3.05) is 18.6 Å². The number of para-hydroxylation sites is 2. The molecule has 1 amide bonds. The summed E-state index contributed by atoms with van der Waals surface area (Å²) in [6.07, 6.45) is 0.373. The van der Waals surface area contributed by atoms with Crippen molar-refractivity contribution in [3.05, 3.63) is 36.0 Å². The fourth-order valence-corrected chi connectivity index (χ4v) is 2.61. The van der Waals surface area contributed by atoms with Crippen LogP contribution in [-0.4, -0.2) is 29.7 Å². The Kier molecular flexibility index (Phi) is 3.83. The van der Waals surface area contributed by atoms with Crippen molar-refractivity contribution in [2.24, 2.45) is 0 Å². The predicted octanol–water partition coefficient (Wildman–Crippen LogP) is 2.72. The number of benzene rings is 1. The summed E-state index contributed by atoms with van der Waals surface area (Å²) >= 11 is 0. The zero-order valence-electron chi connectivity index (χ0n) is 12.9. The molecule has 1 aromatic carbocycles. The van der Waals surface area contributed by atoms with Crippen LogP contribution in [0, 0.1) is 0 Å². The topological polar surface area (TPSA) is 68.5 Å². The van der Waals surface area contributed by atoms with Crippen LogP contribution in [0.15, 0.2) is 28.8 Å². The fraction of sp³-hybridized carbons (Fsp3) is 0.438. The zero-order chi connectivity index (χ0) is 15.7. The van der Waals surface area contributed by atoms with E-state index in [1.807, 2.05) is 38.1 Å². The highest BCUT2D eigenvalue weighted by atomic mass is 16.5. The molecule has 0 N–H and O–H groups in total. The molecule has 0 radical (unpaired) electrons. The van der Waals surface area contributed by atoms with Crippen molar-refractivity contribution in [1.29, 1.82) is 0 Å². The molecule has 6 nitrogen and oxygen atoms in total. The van der Waals surface area contributed by atoms with Gasteiger partial charge in [0.1, 0.15) is 5.75 Å². The first-order valence-electron chi connectivity index (χ1n) is 7.37. The van der Waals surface area contributed by atoms with E-state index in [1.54, 1.807) is 12.0 Å². The maximum atomic E-state index is 12.3. The van der Waals surface area contributed by atoms with E-state index in [0.717, 1.165) is 5.69 Å². The van der Waals surface area contributed by atoms with Gasteiger partial charge >= 0.3 is 0 Å². The zero-order valence-corrected chi connectivity index (χ0v) is 12.9. The number of aromatic nitrogens is 2. The Balaban J connectivity index is 1.83. The molecule has 1 aliphatic rings. The van der Waals surface area contributed by atoms with E-state index in [2.05, 4.69) is 10.1 Å². The number of ether oxygens (including phenoxy) is 1. The molecule has 1 saturated heterocycles. The molecule has 1 aliphatic heterocycles. The Labute approximate surface area is 129 Å². The molecule has 22 heavy (non-hydrogen) atoms. The Hall–Kier alpha value is -2.37. The molecule has 2 aromatic rings. The minimum absolute atomic E-state index is 0.0406. The third kappa shape index (κ3) is 2.56. The van der Waals surface area contributed by atoms with Gasteiger partial charge in [0, 0.05) is 18.9 Å². The average molecular weight is 301 g/mol. The van der Waals surface area contributed by atoms with Crippen molar-refractivity contribution >= 4 is 11.6 Å². The minimum atomic E-state index is -0.0718. The molecule has 116 valence electrons. The molecule has 2 heterocycles. The second-order valence-electron chi connectivity index (χ2n) is 5.72. The lowest BCUT2D eigenvalue weighted by Crippen LogP contribution is -2.24. The van der Waals surface area contributed by atoms with Gasteiger partial charge in [-0.15, -0.1) is 0 Å². The van der Waals surface area contributed by atoms with E-state index in [9.17, 15) is 4.79 Å². The smallest absolute Gasteiger partial charge is 0.232 e. The van der Waals surface area contributed by atoms with Crippen LogP contribution in [0.5, 0.6) is 5.75 Å². The second kappa shape index (κ2) is 5.79. The van der Waals surface area contributed by atoms with Crippen molar-refractivity contribution in [1.82, 2.24) is 10.1 Å². The van der Waals surface area contributed by atoms with Crippen LogP contribution < -0.4 is 9.64 Å². The van der Waals surface area contributed by atoms with E-state index in [4.69, 9.17) is 9.26 Å². The van der Waals surface area contributed by atoms with Crippen molar-refractivity contribution in [2.45, 2.75) is 32.1 Å². The van der Waals surface area contributed by atoms with E-state index >= 15 is 0 Å². The molecular weight excluding hydrogens is 282 g/mol. The van der Waals surface area contributed by atoms with Gasteiger partial charge in [0.2, 0.25) is 11.8 Å². The van der Waals surface area contributed by atoms with Crippen LogP contribution in [-0.2, 0) is 4.79 Å². The van der Waals surface area contributed by atoms with Gasteiger partial charge in [0.25, 0.3) is 0 Å². The Morgan fingerprint density at radius 1 is 1.36 bits per heavy atom. The Morgan fingerprint density at radius 3 is 2.82 bits per heavy atom. The minimum Gasteiger partial charge on any atom is -0.495 e. The average Bonchev–Trinajstić information content (AvgIpc) is 3.14. The van der Waals surface area contributed by atoms with Gasteiger partial charge in [0.05, 0.1) is 18.7 Å². The number of amides is 1. The quantitative estimate of drug-likeness (QED) is 0.868. The van der Waals surface area contributed by atoms with Crippen LogP contribution >= 0.6 is 0 Å². The van der Waals surface area contributed by atoms with Crippen LogP contribution in [0.3, 0.4) is 0 Å². The van der Waals surface area contributed by atoms with Crippen LogP contribution in [0.4, 0.5) is 5.69 Å². The molecule has 0 aliphatic carbocycles. The largest absolute Gasteiger partial charge is 0.495 e. The van der Waals surface area contributed by atoms with Crippen molar-refractivity contribution in [3.63, 3.8) is 0 Å². The summed E-state index contributed by atoms with van der Waals surface area (Å²) in [6.45, 7) is 4.55. The molecule has 1 fully saturated rings. The Morgan fingerprint density at radius 2 is 2.14 bits per heavy atom. The van der Waals surface area contributed by atoms with Gasteiger partial charge in [-0.2, -0.15) is 4.98 Å². The van der Waals surface area contributed by atoms with Crippen LogP contribution in [0.1, 0.15) is 43.8 Å². The third-order valence-corrected chi connectivity index (χ3v) is 3.82. The van der Waals surface area contributed by atoms with E-state index in [1.165, 1.54) is 0 Å². The second-order valence-corrected chi connectivity index (χ2v) is 5.72. The summed E-state index contributed by atoms with van der Waals surface area (Å²) in [4.78, 5) is 18.5. The summed E-state index contributed by atoms with van der Waals surface area (Å²) in [6, 6.07) is 7.50. The number of nitrogens with zero attached hydrogens (tertiary/aromatic N) is 3. The van der Waals surface area contributed by atoms with Gasteiger partial charge < -0.3 is 14.2 Å². The highest BCUT2D eigenvalue weighted by Crippen LogP contribution is 2.36. The molecule has 1 aromatic heterocycles. The normalized spacial score (nSPS) is 18.3. The number of carbonyl (C=O) groups excluding carboxylic acids is 1. The number of hydrogen-bond donors (Lipinski definition) is 0. The van der Waals surface area contributed by atoms with E-state index in [-0.39, 0.29) is 17.7 Å². The summed E-state index contributed by atoms with van der Waals surface area (Å²) in [5.74, 6) is 2.08. The van der Waals surface area contributed by atoms with Gasteiger partial charge in [-0.25, -0.2) is 0 Å². The standard InChI is InChI=1S/C16H19N3O3/c1-10(2)15-17-16(22-18-15)11-8-14(20)19(9-11)12-6-4-5-7-13(12)21-3/h4-7,10-11H,8-9H2,1-3H3. The Bertz CT molecular complexity index is 681. The van der Waals surface area contributed by atoms with Crippen LogP contribution in [0.2, 0.25) is 0 Å². The van der Waals surface area contributed by atoms with Crippen LogP contribution in [0.25, 0.3) is 0 Å². The summed E-state index contributed by atoms with van der Waals surface area (Å²) in [5.41, 5.74) is 0.779. The first-order valence-corrected chi connectivity index (χ1v) is 7.37. The predicted molar refractivity (Wildman–Crippen MR) is 81.1 cm³/mol. The molecule has 0 bridgehead atoms. The van der Waals surface area contributed by atoms with E-state index < -0.39 is 0 Å². The van der Waals surface area contributed by atoms with Gasteiger partial charge in [-0.05, 0) is 12.1 Å². The highest BCUT2D eigenvalue weighted by molar-refractivity contribution is 5.97. The number of methoxy groups -OCH3 is 1. The van der Waals surface area contributed by atoms with Gasteiger partial charge in [-0.1, -0.05) is 31.1 Å². The maximum absolute atomic E-state index is 12.3. The SMILES string of the molecule is COc1ccccc1N1CC(c2nc(C(C)C)no2)CC1=O. The van der Waals surface area contributed by atoms with Crippen molar-refractivity contribution < 1.29 is 14.1 Å². The molecule has 3 rings (SSSR count). The molecule has 1 atom stereocenters. The lowest BCUT2D eigenvalue weighted by Gasteiger charge is -2.18.